The lowest BCUT2D eigenvalue weighted by Crippen LogP contribution is -2.34. The molecule has 1 aliphatic heterocycles. The molecular weight excluding hydrogens is 280 g/mol. The lowest BCUT2D eigenvalue weighted by molar-refractivity contribution is 0.0763. The van der Waals surface area contributed by atoms with Gasteiger partial charge in [0.1, 0.15) is 0 Å². The molecule has 3 rings (SSSR count). The molecule has 1 aliphatic rings. The Kier molecular flexibility index (Phi) is 4.20. The third-order valence-corrected chi connectivity index (χ3v) is 3.91. The SMILES string of the molecule is Cc1noc(-c2ccc(C(=O)N3CCCN(C)CC3)cc2)n1. The van der Waals surface area contributed by atoms with Crippen molar-refractivity contribution in [2.75, 3.05) is 33.2 Å². The summed E-state index contributed by atoms with van der Waals surface area (Å²) in [6, 6.07) is 7.35. The van der Waals surface area contributed by atoms with Gasteiger partial charge in [-0.1, -0.05) is 5.16 Å². The number of nitrogens with zero attached hydrogens (tertiary/aromatic N) is 4. The van der Waals surface area contributed by atoms with Crippen molar-refractivity contribution < 1.29 is 9.32 Å². The minimum Gasteiger partial charge on any atom is -0.337 e. The Labute approximate surface area is 129 Å². The average Bonchev–Trinajstić information content (AvgIpc) is 2.84. The molecule has 22 heavy (non-hydrogen) atoms. The Bertz CT molecular complexity index is 650. The maximum absolute atomic E-state index is 12.6. The molecule has 0 N–H and O–H groups in total. The monoisotopic (exact) mass is 300 g/mol. The molecule has 1 aromatic heterocycles. The van der Waals surface area contributed by atoms with E-state index in [0.717, 1.165) is 38.2 Å². The van der Waals surface area contributed by atoms with E-state index < -0.39 is 0 Å². The van der Waals surface area contributed by atoms with Crippen LogP contribution in [0.4, 0.5) is 0 Å². The summed E-state index contributed by atoms with van der Waals surface area (Å²) < 4.78 is 5.13. The minimum atomic E-state index is 0.0866. The summed E-state index contributed by atoms with van der Waals surface area (Å²) in [7, 11) is 2.09. The summed E-state index contributed by atoms with van der Waals surface area (Å²) in [5.41, 5.74) is 1.53. The van der Waals surface area contributed by atoms with E-state index in [4.69, 9.17) is 4.52 Å². The van der Waals surface area contributed by atoms with Gasteiger partial charge in [0, 0.05) is 30.8 Å². The highest BCUT2D eigenvalue weighted by molar-refractivity contribution is 5.94. The lowest BCUT2D eigenvalue weighted by atomic mass is 10.1. The topological polar surface area (TPSA) is 62.5 Å². The number of likely N-dealkylation sites (N-methyl/N-ethyl adjacent to an activating group) is 1. The second-order valence-electron chi connectivity index (χ2n) is 5.67. The first-order chi connectivity index (χ1) is 10.6. The molecule has 116 valence electrons. The number of aryl methyl sites for hydroxylation is 1. The number of hydrogen-bond donors (Lipinski definition) is 0. The minimum absolute atomic E-state index is 0.0866. The molecule has 0 unspecified atom stereocenters. The fraction of sp³-hybridized carbons (Fsp3) is 0.438. The molecule has 1 fully saturated rings. The van der Waals surface area contributed by atoms with Crippen LogP contribution in [-0.2, 0) is 0 Å². The van der Waals surface area contributed by atoms with Crippen molar-refractivity contribution in [2.45, 2.75) is 13.3 Å². The van der Waals surface area contributed by atoms with Crippen LogP contribution in [0.2, 0.25) is 0 Å². The van der Waals surface area contributed by atoms with Gasteiger partial charge in [0.2, 0.25) is 0 Å². The molecule has 0 bridgehead atoms. The van der Waals surface area contributed by atoms with Gasteiger partial charge in [-0.05, 0) is 51.2 Å². The van der Waals surface area contributed by atoms with E-state index >= 15 is 0 Å². The predicted octanol–water partition coefficient (Wildman–Crippen LogP) is 1.82. The van der Waals surface area contributed by atoms with Crippen LogP contribution in [-0.4, -0.2) is 59.1 Å². The maximum atomic E-state index is 12.6. The predicted molar refractivity (Wildman–Crippen MR) is 82.5 cm³/mol. The summed E-state index contributed by atoms with van der Waals surface area (Å²) in [5, 5.41) is 3.78. The molecule has 0 spiro atoms. The highest BCUT2D eigenvalue weighted by Gasteiger charge is 2.19. The quantitative estimate of drug-likeness (QED) is 0.846. The molecule has 6 nitrogen and oxygen atoms in total. The molecule has 0 saturated carbocycles. The zero-order valence-corrected chi connectivity index (χ0v) is 13.0. The van der Waals surface area contributed by atoms with Crippen molar-refractivity contribution in [1.82, 2.24) is 19.9 Å². The number of aromatic nitrogens is 2. The highest BCUT2D eigenvalue weighted by atomic mass is 16.5. The third kappa shape index (κ3) is 3.17. The fourth-order valence-corrected chi connectivity index (χ4v) is 2.60. The van der Waals surface area contributed by atoms with Gasteiger partial charge < -0.3 is 14.3 Å². The van der Waals surface area contributed by atoms with Crippen molar-refractivity contribution in [3.8, 4) is 11.5 Å². The van der Waals surface area contributed by atoms with E-state index in [1.54, 1.807) is 6.92 Å². The second kappa shape index (κ2) is 6.27. The van der Waals surface area contributed by atoms with Gasteiger partial charge in [0.25, 0.3) is 11.8 Å². The molecule has 0 aliphatic carbocycles. The zero-order chi connectivity index (χ0) is 15.5. The van der Waals surface area contributed by atoms with E-state index in [1.807, 2.05) is 29.2 Å². The Morgan fingerprint density at radius 3 is 2.59 bits per heavy atom. The first-order valence-electron chi connectivity index (χ1n) is 7.52. The normalized spacial score (nSPS) is 16.5. The van der Waals surface area contributed by atoms with Gasteiger partial charge in [0.15, 0.2) is 5.82 Å². The van der Waals surface area contributed by atoms with Crippen molar-refractivity contribution in [3.05, 3.63) is 35.7 Å². The summed E-state index contributed by atoms with van der Waals surface area (Å²) in [6.45, 7) is 5.33. The first-order valence-corrected chi connectivity index (χ1v) is 7.52. The van der Waals surface area contributed by atoms with Crippen LogP contribution < -0.4 is 0 Å². The molecule has 0 atom stereocenters. The Morgan fingerprint density at radius 2 is 1.91 bits per heavy atom. The molecule has 2 heterocycles. The molecule has 1 saturated heterocycles. The van der Waals surface area contributed by atoms with E-state index in [-0.39, 0.29) is 5.91 Å². The molecule has 0 radical (unpaired) electrons. The number of hydrogen-bond acceptors (Lipinski definition) is 5. The van der Waals surface area contributed by atoms with Gasteiger partial charge in [-0.25, -0.2) is 0 Å². The largest absolute Gasteiger partial charge is 0.337 e. The Balaban J connectivity index is 1.73. The van der Waals surface area contributed by atoms with E-state index in [0.29, 0.717) is 17.3 Å². The summed E-state index contributed by atoms with van der Waals surface area (Å²) in [4.78, 5) is 20.9. The van der Waals surface area contributed by atoms with Gasteiger partial charge >= 0.3 is 0 Å². The zero-order valence-electron chi connectivity index (χ0n) is 13.0. The van der Waals surface area contributed by atoms with Crippen LogP contribution in [0, 0.1) is 6.92 Å². The van der Waals surface area contributed by atoms with Gasteiger partial charge in [-0.15, -0.1) is 0 Å². The molecule has 6 heteroatoms. The summed E-state index contributed by atoms with van der Waals surface area (Å²) >= 11 is 0. The van der Waals surface area contributed by atoms with Crippen molar-refractivity contribution >= 4 is 5.91 Å². The first kappa shape index (κ1) is 14.7. The van der Waals surface area contributed by atoms with Crippen LogP contribution in [0.25, 0.3) is 11.5 Å². The van der Waals surface area contributed by atoms with E-state index in [1.165, 1.54) is 0 Å². The van der Waals surface area contributed by atoms with E-state index in [2.05, 4.69) is 22.1 Å². The second-order valence-corrected chi connectivity index (χ2v) is 5.67. The summed E-state index contributed by atoms with van der Waals surface area (Å²) in [6.07, 6.45) is 1.02. The Morgan fingerprint density at radius 1 is 1.14 bits per heavy atom. The lowest BCUT2D eigenvalue weighted by Gasteiger charge is -2.20. The molecule has 2 aromatic rings. The molecular formula is C16H20N4O2. The van der Waals surface area contributed by atoms with Crippen LogP contribution in [0.1, 0.15) is 22.6 Å². The smallest absolute Gasteiger partial charge is 0.257 e. The highest BCUT2D eigenvalue weighted by Crippen LogP contribution is 2.18. The standard InChI is InChI=1S/C16H20N4O2/c1-12-17-15(22-18-12)13-4-6-14(7-5-13)16(21)20-9-3-8-19(2)10-11-20/h4-7H,3,8-11H2,1-2H3. The van der Waals surface area contributed by atoms with Gasteiger partial charge in [-0.3, -0.25) is 4.79 Å². The number of benzene rings is 1. The fourth-order valence-electron chi connectivity index (χ4n) is 2.60. The summed E-state index contributed by atoms with van der Waals surface area (Å²) in [5.74, 6) is 1.17. The van der Waals surface area contributed by atoms with Crippen molar-refractivity contribution in [1.29, 1.82) is 0 Å². The van der Waals surface area contributed by atoms with E-state index in [9.17, 15) is 4.79 Å². The number of amides is 1. The van der Waals surface area contributed by atoms with Crippen LogP contribution in [0.5, 0.6) is 0 Å². The third-order valence-electron chi connectivity index (χ3n) is 3.91. The number of rotatable bonds is 2. The van der Waals surface area contributed by atoms with Gasteiger partial charge in [0.05, 0.1) is 0 Å². The van der Waals surface area contributed by atoms with Crippen molar-refractivity contribution in [2.24, 2.45) is 0 Å². The van der Waals surface area contributed by atoms with Gasteiger partial charge in [-0.2, -0.15) is 4.98 Å². The number of carbonyl (C=O) groups is 1. The Hall–Kier alpha value is -2.21. The number of carbonyl (C=O) groups excluding carboxylic acids is 1. The van der Waals surface area contributed by atoms with Crippen molar-refractivity contribution in [3.63, 3.8) is 0 Å². The van der Waals surface area contributed by atoms with Crippen LogP contribution in [0.3, 0.4) is 0 Å². The molecule has 1 aromatic carbocycles. The maximum Gasteiger partial charge on any atom is 0.257 e. The van der Waals surface area contributed by atoms with Crippen LogP contribution in [0.15, 0.2) is 28.8 Å². The van der Waals surface area contributed by atoms with Crippen LogP contribution >= 0.6 is 0 Å². The average molecular weight is 300 g/mol. The molecule has 1 amide bonds.